The smallest absolute Gasteiger partial charge is 0.0482 e. The molecule has 0 atom stereocenters. The molecular formula is C13H10ClNS. The fourth-order valence-electron chi connectivity index (χ4n) is 1.86. The number of fused-ring (bicyclic) bond motifs is 1. The van der Waals surface area contributed by atoms with Gasteiger partial charge in [0.2, 0.25) is 0 Å². The highest BCUT2D eigenvalue weighted by molar-refractivity contribution is 7.13. The molecule has 1 nitrogen and oxygen atoms in total. The Hall–Kier alpha value is -1.25. The number of aromatic amines is 1. The Morgan fingerprint density at radius 2 is 2.12 bits per heavy atom. The lowest BCUT2D eigenvalue weighted by molar-refractivity contribution is 1.46. The molecular weight excluding hydrogens is 238 g/mol. The van der Waals surface area contributed by atoms with Crippen molar-refractivity contribution in [2.45, 2.75) is 5.88 Å². The van der Waals surface area contributed by atoms with Crippen LogP contribution in [0.2, 0.25) is 0 Å². The minimum atomic E-state index is 0.582. The summed E-state index contributed by atoms with van der Waals surface area (Å²) in [6.45, 7) is 0. The average Bonchev–Trinajstić information content (AvgIpc) is 2.94. The summed E-state index contributed by atoms with van der Waals surface area (Å²) in [5, 5.41) is 3.38. The number of aromatic nitrogens is 1. The number of benzene rings is 1. The first kappa shape index (κ1) is 9.94. The van der Waals surface area contributed by atoms with E-state index in [1.807, 2.05) is 6.07 Å². The number of thiophene rings is 1. The van der Waals surface area contributed by atoms with Crippen LogP contribution in [0.4, 0.5) is 0 Å². The monoisotopic (exact) mass is 247 g/mol. The molecule has 1 aromatic carbocycles. The number of hydrogen-bond acceptors (Lipinski definition) is 1. The molecule has 0 radical (unpaired) electrons. The molecule has 0 fully saturated rings. The molecule has 0 saturated heterocycles. The van der Waals surface area contributed by atoms with Crippen molar-refractivity contribution in [1.82, 2.24) is 4.98 Å². The van der Waals surface area contributed by atoms with E-state index in [9.17, 15) is 0 Å². The van der Waals surface area contributed by atoms with Gasteiger partial charge in [-0.05, 0) is 23.1 Å². The Bertz CT molecular complexity index is 623. The van der Waals surface area contributed by atoms with E-state index in [4.69, 9.17) is 11.6 Å². The topological polar surface area (TPSA) is 15.8 Å². The number of H-pyrrole nitrogens is 1. The second-order valence-corrected chi connectivity index (χ2v) is 4.88. The van der Waals surface area contributed by atoms with Gasteiger partial charge in [-0.2, -0.15) is 0 Å². The van der Waals surface area contributed by atoms with Gasteiger partial charge in [-0.3, -0.25) is 0 Å². The van der Waals surface area contributed by atoms with Crippen LogP contribution in [0.1, 0.15) is 5.56 Å². The Kier molecular flexibility index (Phi) is 2.46. The fraction of sp³-hybridized carbons (Fsp3) is 0.0769. The molecule has 0 bridgehead atoms. The van der Waals surface area contributed by atoms with Gasteiger partial charge in [-0.15, -0.1) is 22.9 Å². The SMILES string of the molecule is ClCc1csc(-c2c[nH]c3ccccc23)c1. The van der Waals surface area contributed by atoms with E-state index < -0.39 is 0 Å². The van der Waals surface area contributed by atoms with Crippen LogP contribution in [0.15, 0.2) is 41.9 Å². The van der Waals surface area contributed by atoms with Crippen LogP contribution >= 0.6 is 22.9 Å². The van der Waals surface area contributed by atoms with Crippen molar-refractivity contribution < 1.29 is 0 Å². The lowest BCUT2D eigenvalue weighted by Gasteiger charge is -1.93. The minimum absolute atomic E-state index is 0.582. The highest BCUT2D eigenvalue weighted by Crippen LogP contribution is 2.33. The molecule has 0 aliphatic carbocycles. The molecule has 2 aromatic heterocycles. The van der Waals surface area contributed by atoms with Crippen molar-refractivity contribution in [3.8, 4) is 10.4 Å². The number of rotatable bonds is 2. The van der Waals surface area contributed by atoms with Gasteiger partial charge < -0.3 is 4.98 Å². The molecule has 0 amide bonds. The van der Waals surface area contributed by atoms with Gasteiger partial charge in [0.15, 0.2) is 0 Å². The molecule has 2 heterocycles. The van der Waals surface area contributed by atoms with Gasteiger partial charge in [-0.25, -0.2) is 0 Å². The Balaban J connectivity index is 2.18. The zero-order valence-corrected chi connectivity index (χ0v) is 10.1. The van der Waals surface area contributed by atoms with Crippen LogP contribution in [0, 0.1) is 0 Å². The Morgan fingerprint density at radius 1 is 1.25 bits per heavy atom. The quantitative estimate of drug-likeness (QED) is 0.636. The van der Waals surface area contributed by atoms with Crippen molar-refractivity contribution in [2.24, 2.45) is 0 Å². The van der Waals surface area contributed by atoms with Crippen LogP contribution < -0.4 is 0 Å². The maximum absolute atomic E-state index is 5.82. The zero-order valence-electron chi connectivity index (χ0n) is 8.53. The van der Waals surface area contributed by atoms with Crippen LogP contribution in [0.5, 0.6) is 0 Å². The van der Waals surface area contributed by atoms with Crippen LogP contribution in [0.3, 0.4) is 0 Å². The first-order valence-electron chi connectivity index (χ1n) is 5.08. The molecule has 1 N–H and O–H groups in total. The molecule has 3 aromatic rings. The summed E-state index contributed by atoms with van der Waals surface area (Å²) < 4.78 is 0. The summed E-state index contributed by atoms with van der Waals surface area (Å²) in [5.74, 6) is 0.582. The van der Waals surface area contributed by atoms with E-state index >= 15 is 0 Å². The second kappa shape index (κ2) is 3.96. The zero-order chi connectivity index (χ0) is 11.0. The fourth-order valence-corrected chi connectivity index (χ4v) is 3.05. The van der Waals surface area contributed by atoms with Gasteiger partial charge in [0.25, 0.3) is 0 Å². The number of para-hydroxylation sites is 1. The molecule has 0 aliphatic heterocycles. The highest BCUT2D eigenvalue weighted by atomic mass is 35.5. The average molecular weight is 248 g/mol. The van der Waals surface area contributed by atoms with E-state index in [2.05, 4.69) is 40.8 Å². The van der Waals surface area contributed by atoms with E-state index in [0.717, 1.165) is 0 Å². The predicted molar refractivity (Wildman–Crippen MR) is 71.2 cm³/mol. The number of hydrogen-bond donors (Lipinski definition) is 1. The van der Waals surface area contributed by atoms with Crippen LogP contribution in [-0.4, -0.2) is 4.98 Å². The Morgan fingerprint density at radius 3 is 2.94 bits per heavy atom. The molecule has 3 heteroatoms. The summed E-state index contributed by atoms with van der Waals surface area (Å²) in [7, 11) is 0. The normalized spacial score (nSPS) is 11.1. The van der Waals surface area contributed by atoms with Crippen molar-refractivity contribution in [2.75, 3.05) is 0 Å². The van der Waals surface area contributed by atoms with Crippen molar-refractivity contribution >= 4 is 33.8 Å². The molecule has 0 unspecified atom stereocenters. The molecule has 0 spiro atoms. The van der Waals surface area contributed by atoms with Crippen LogP contribution in [-0.2, 0) is 5.88 Å². The lowest BCUT2D eigenvalue weighted by Crippen LogP contribution is -1.69. The van der Waals surface area contributed by atoms with Gasteiger partial charge in [-0.1, -0.05) is 18.2 Å². The predicted octanol–water partition coefficient (Wildman–Crippen LogP) is 4.64. The maximum Gasteiger partial charge on any atom is 0.0482 e. The van der Waals surface area contributed by atoms with E-state index in [1.165, 1.54) is 26.9 Å². The van der Waals surface area contributed by atoms with Gasteiger partial charge in [0.05, 0.1) is 0 Å². The molecule has 80 valence electrons. The molecule has 16 heavy (non-hydrogen) atoms. The first-order chi connectivity index (χ1) is 7.88. The third-order valence-electron chi connectivity index (χ3n) is 2.66. The maximum atomic E-state index is 5.82. The third kappa shape index (κ3) is 1.55. The lowest BCUT2D eigenvalue weighted by atomic mass is 10.1. The third-order valence-corrected chi connectivity index (χ3v) is 3.98. The first-order valence-corrected chi connectivity index (χ1v) is 6.50. The number of alkyl halides is 1. The van der Waals surface area contributed by atoms with Gasteiger partial charge >= 0.3 is 0 Å². The summed E-state index contributed by atoms with van der Waals surface area (Å²) in [5.41, 5.74) is 3.63. The summed E-state index contributed by atoms with van der Waals surface area (Å²) in [6.07, 6.45) is 2.06. The minimum Gasteiger partial charge on any atom is -0.361 e. The van der Waals surface area contributed by atoms with Crippen LogP contribution in [0.25, 0.3) is 21.3 Å². The summed E-state index contributed by atoms with van der Waals surface area (Å²) >= 11 is 7.56. The number of halogens is 1. The molecule has 0 aliphatic rings. The van der Waals surface area contributed by atoms with Gasteiger partial charge in [0.1, 0.15) is 0 Å². The van der Waals surface area contributed by atoms with Crippen molar-refractivity contribution in [3.05, 3.63) is 47.5 Å². The van der Waals surface area contributed by atoms with E-state index in [1.54, 1.807) is 11.3 Å². The number of nitrogens with one attached hydrogen (secondary N) is 1. The summed E-state index contributed by atoms with van der Waals surface area (Å²) in [6, 6.07) is 10.5. The van der Waals surface area contributed by atoms with Crippen molar-refractivity contribution in [1.29, 1.82) is 0 Å². The highest BCUT2D eigenvalue weighted by Gasteiger charge is 2.07. The van der Waals surface area contributed by atoms with E-state index in [0.29, 0.717) is 5.88 Å². The molecule has 3 rings (SSSR count). The molecule has 0 saturated carbocycles. The summed E-state index contributed by atoms with van der Waals surface area (Å²) in [4.78, 5) is 4.56. The second-order valence-electron chi connectivity index (χ2n) is 3.70. The van der Waals surface area contributed by atoms with Gasteiger partial charge in [0, 0.05) is 33.4 Å². The van der Waals surface area contributed by atoms with E-state index in [-0.39, 0.29) is 0 Å². The Labute approximate surface area is 103 Å². The standard InChI is InChI=1S/C13H10ClNS/c14-6-9-5-13(16-8-9)11-7-15-12-4-2-1-3-10(11)12/h1-5,7-8,15H,6H2. The largest absolute Gasteiger partial charge is 0.361 e. The van der Waals surface area contributed by atoms with Crippen molar-refractivity contribution in [3.63, 3.8) is 0 Å².